The van der Waals surface area contributed by atoms with Gasteiger partial charge in [-0.25, -0.2) is 0 Å². The standard InChI is InChI=1S/C15H25NO/c1-6-15(7-2,16(4)5)14(17)13-10-8-9-12(3)11-13/h8-11,14,17H,6-7H2,1-5H3. The molecule has 0 heterocycles. The zero-order chi connectivity index (χ0) is 13.1. The van der Waals surface area contributed by atoms with E-state index in [4.69, 9.17) is 0 Å². The van der Waals surface area contributed by atoms with Gasteiger partial charge in [0.05, 0.1) is 6.10 Å². The summed E-state index contributed by atoms with van der Waals surface area (Å²) in [6, 6.07) is 8.17. The van der Waals surface area contributed by atoms with E-state index in [1.165, 1.54) is 5.56 Å². The van der Waals surface area contributed by atoms with E-state index in [9.17, 15) is 5.11 Å². The number of nitrogens with zero attached hydrogens (tertiary/aromatic N) is 1. The summed E-state index contributed by atoms with van der Waals surface area (Å²) in [4.78, 5) is 2.15. The molecule has 0 aromatic heterocycles. The molecule has 0 fully saturated rings. The largest absolute Gasteiger partial charge is 0.386 e. The number of aliphatic hydroxyl groups excluding tert-OH is 1. The molecule has 0 aliphatic heterocycles. The fourth-order valence-electron chi connectivity index (χ4n) is 2.66. The van der Waals surface area contributed by atoms with Crippen LogP contribution in [0, 0.1) is 6.92 Å². The highest BCUT2D eigenvalue weighted by molar-refractivity contribution is 5.26. The molecule has 2 nitrogen and oxygen atoms in total. The van der Waals surface area contributed by atoms with E-state index in [-0.39, 0.29) is 5.54 Å². The lowest BCUT2D eigenvalue weighted by atomic mass is 9.81. The van der Waals surface area contributed by atoms with Gasteiger partial charge < -0.3 is 10.0 Å². The molecule has 17 heavy (non-hydrogen) atoms. The summed E-state index contributed by atoms with van der Waals surface area (Å²) in [5.74, 6) is 0. The van der Waals surface area contributed by atoms with Crippen LogP contribution in [0.1, 0.15) is 43.9 Å². The highest BCUT2D eigenvalue weighted by Crippen LogP contribution is 2.35. The third kappa shape index (κ3) is 2.70. The molecule has 0 amide bonds. The summed E-state index contributed by atoms with van der Waals surface area (Å²) in [6.45, 7) is 6.34. The van der Waals surface area contributed by atoms with E-state index < -0.39 is 6.10 Å². The number of hydrogen-bond acceptors (Lipinski definition) is 2. The first kappa shape index (κ1) is 14.2. The monoisotopic (exact) mass is 235 g/mol. The third-order valence-corrected chi connectivity index (χ3v) is 3.98. The first-order valence-electron chi connectivity index (χ1n) is 6.40. The summed E-state index contributed by atoms with van der Waals surface area (Å²) < 4.78 is 0. The van der Waals surface area contributed by atoms with Gasteiger partial charge in [-0.1, -0.05) is 43.7 Å². The second-order valence-corrected chi connectivity index (χ2v) is 5.02. The molecule has 1 aromatic rings. The minimum absolute atomic E-state index is 0.173. The second-order valence-electron chi connectivity index (χ2n) is 5.02. The smallest absolute Gasteiger partial charge is 0.0973 e. The second kappa shape index (κ2) is 5.65. The summed E-state index contributed by atoms with van der Waals surface area (Å²) in [7, 11) is 4.10. The average Bonchev–Trinajstić information content (AvgIpc) is 2.30. The lowest BCUT2D eigenvalue weighted by Crippen LogP contribution is -2.48. The number of likely N-dealkylation sites (N-methyl/N-ethyl adjacent to an activating group) is 1. The summed E-state index contributed by atoms with van der Waals surface area (Å²) in [5.41, 5.74) is 2.04. The Bertz CT molecular complexity index is 356. The molecule has 0 saturated carbocycles. The number of aliphatic hydroxyl groups is 1. The normalized spacial score (nSPS) is 14.1. The Morgan fingerprint density at radius 1 is 1.24 bits per heavy atom. The van der Waals surface area contributed by atoms with Gasteiger partial charge in [0, 0.05) is 5.54 Å². The minimum Gasteiger partial charge on any atom is -0.386 e. The lowest BCUT2D eigenvalue weighted by Gasteiger charge is -2.42. The zero-order valence-electron chi connectivity index (χ0n) is 11.7. The van der Waals surface area contributed by atoms with Crippen molar-refractivity contribution >= 4 is 0 Å². The van der Waals surface area contributed by atoms with Crippen LogP contribution in [0.2, 0.25) is 0 Å². The third-order valence-electron chi connectivity index (χ3n) is 3.98. The average molecular weight is 235 g/mol. The van der Waals surface area contributed by atoms with Gasteiger partial charge in [-0.05, 0) is 39.4 Å². The topological polar surface area (TPSA) is 23.5 Å². The number of rotatable bonds is 5. The molecule has 1 N–H and O–H groups in total. The minimum atomic E-state index is -0.438. The van der Waals surface area contributed by atoms with Crippen LogP contribution in [0.4, 0.5) is 0 Å². The zero-order valence-corrected chi connectivity index (χ0v) is 11.7. The Kier molecular flexibility index (Phi) is 4.72. The molecule has 0 radical (unpaired) electrons. The SMILES string of the molecule is CCC(CC)(C(O)c1cccc(C)c1)N(C)C. The van der Waals surface area contributed by atoms with Gasteiger partial charge in [-0.3, -0.25) is 0 Å². The van der Waals surface area contributed by atoms with Gasteiger partial charge in [-0.2, -0.15) is 0 Å². The Morgan fingerprint density at radius 2 is 1.82 bits per heavy atom. The van der Waals surface area contributed by atoms with E-state index in [2.05, 4.69) is 37.8 Å². The van der Waals surface area contributed by atoms with Gasteiger partial charge in [-0.15, -0.1) is 0 Å². The van der Waals surface area contributed by atoms with Crippen molar-refractivity contribution in [3.05, 3.63) is 35.4 Å². The number of benzene rings is 1. The number of hydrogen-bond donors (Lipinski definition) is 1. The molecule has 1 aromatic carbocycles. The van der Waals surface area contributed by atoms with Crippen LogP contribution < -0.4 is 0 Å². The maximum absolute atomic E-state index is 10.7. The molecular formula is C15H25NO. The van der Waals surface area contributed by atoms with Crippen LogP contribution in [0.25, 0.3) is 0 Å². The van der Waals surface area contributed by atoms with Crippen molar-refractivity contribution in [1.82, 2.24) is 4.90 Å². The van der Waals surface area contributed by atoms with E-state index >= 15 is 0 Å². The van der Waals surface area contributed by atoms with Crippen molar-refractivity contribution in [2.45, 2.75) is 45.3 Å². The maximum Gasteiger partial charge on any atom is 0.0973 e. The molecule has 0 bridgehead atoms. The van der Waals surface area contributed by atoms with E-state index in [1.807, 2.05) is 26.2 Å². The van der Waals surface area contributed by atoms with Gasteiger partial charge >= 0.3 is 0 Å². The molecule has 0 saturated heterocycles. The molecule has 0 aliphatic rings. The molecule has 1 unspecified atom stereocenters. The number of aryl methyl sites for hydroxylation is 1. The first-order chi connectivity index (χ1) is 7.97. The summed E-state index contributed by atoms with van der Waals surface area (Å²) >= 11 is 0. The summed E-state index contributed by atoms with van der Waals surface area (Å²) in [6.07, 6.45) is 1.43. The van der Waals surface area contributed by atoms with Crippen LogP contribution in [0.5, 0.6) is 0 Å². The molecule has 2 heteroatoms. The van der Waals surface area contributed by atoms with Gasteiger partial charge in [0.1, 0.15) is 0 Å². The fourth-order valence-corrected chi connectivity index (χ4v) is 2.66. The predicted octanol–water partition coefficient (Wildman–Crippen LogP) is 3.15. The molecule has 1 atom stereocenters. The predicted molar refractivity (Wildman–Crippen MR) is 73.1 cm³/mol. The molecule has 0 spiro atoms. The maximum atomic E-state index is 10.7. The Labute approximate surface area is 105 Å². The van der Waals surface area contributed by atoms with Crippen molar-refractivity contribution in [1.29, 1.82) is 0 Å². The van der Waals surface area contributed by atoms with Crippen molar-refractivity contribution in [3.8, 4) is 0 Å². The van der Waals surface area contributed by atoms with Crippen LogP contribution in [0.3, 0.4) is 0 Å². The first-order valence-corrected chi connectivity index (χ1v) is 6.40. The molecule has 96 valence electrons. The fraction of sp³-hybridized carbons (Fsp3) is 0.600. The van der Waals surface area contributed by atoms with E-state index in [0.717, 1.165) is 18.4 Å². The van der Waals surface area contributed by atoms with Crippen LogP contribution in [-0.2, 0) is 0 Å². The van der Waals surface area contributed by atoms with Gasteiger partial charge in [0.25, 0.3) is 0 Å². The molecular weight excluding hydrogens is 210 g/mol. The van der Waals surface area contributed by atoms with Crippen molar-refractivity contribution in [3.63, 3.8) is 0 Å². The quantitative estimate of drug-likeness (QED) is 0.847. The van der Waals surface area contributed by atoms with Crippen molar-refractivity contribution < 1.29 is 5.11 Å². The van der Waals surface area contributed by atoms with Crippen molar-refractivity contribution in [2.24, 2.45) is 0 Å². The Balaban J connectivity index is 3.12. The van der Waals surface area contributed by atoms with E-state index in [1.54, 1.807) is 0 Å². The molecule has 1 rings (SSSR count). The van der Waals surface area contributed by atoms with Gasteiger partial charge in [0.2, 0.25) is 0 Å². The summed E-state index contributed by atoms with van der Waals surface area (Å²) in [5, 5.41) is 10.7. The van der Waals surface area contributed by atoms with Crippen LogP contribution in [0.15, 0.2) is 24.3 Å². The van der Waals surface area contributed by atoms with Crippen LogP contribution in [-0.4, -0.2) is 29.6 Å². The Morgan fingerprint density at radius 3 is 2.24 bits per heavy atom. The van der Waals surface area contributed by atoms with Crippen LogP contribution >= 0.6 is 0 Å². The lowest BCUT2D eigenvalue weighted by molar-refractivity contribution is -0.0149. The highest BCUT2D eigenvalue weighted by atomic mass is 16.3. The molecule has 0 aliphatic carbocycles. The van der Waals surface area contributed by atoms with Gasteiger partial charge in [0.15, 0.2) is 0 Å². The van der Waals surface area contributed by atoms with Crippen molar-refractivity contribution in [2.75, 3.05) is 14.1 Å². The highest BCUT2D eigenvalue weighted by Gasteiger charge is 2.37. The Hall–Kier alpha value is -0.860. The van der Waals surface area contributed by atoms with E-state index in [0.29, 0.717) is 0 Å².